The molecule has 0 spiro atoms. The Hall–Kier alpha value is -3.36. The molecule has 1 amide bonds. The van der Waals surface area contributed by atoms with Gasteiger partial charge in [-0.15, -0.1) is 0 Å². The Bertz CT molecular complexity index is 1040. The number of piperidine rings is 1. The van der Waals surface area contributed by atoms with Crippen molar-refractivity contribution in [2.45, 2.75) is 13.1 Å². The van der Waals surface area contributed by atoms with Crippen LogP contribution in [0.5, 0.6) is 0 Å². The van der Waals surface area contributed by atoms with Crippen molar-refractivity contribution in [1.29, 1.82) is 0 Å². The van der Waals surface area contributed by atoms with Crippen LogP contribution in [0.4, 0.5) is 26.3 Å². The minimum absolute atomic E-state index is 0.0422. The van der Waals surface area contributed by atoms with Gasteiger partial charge in [-0.2, -0.15) is 13.2 Å². The maximum Gasteiger partial charge on any atom is 0.471 e. The number of aryl methyl sites for hydroxylation is 1. The number of halogens is 6. The number of likely N-dealkylation sites (tertiary alicyclic amines) is 1. The fourth-order valence-electron chi connectivity index (χ4n) is 3.12. The zero-order chi connectivity index (χ0) is 22.9. The van der Waals surface area contributed by atoms with Gasteiger partial charge in [0, 0.05) is 11.1 Å². The van der Waals surface area contributed by atoms with Gasteiger partial charge in [0.1, 0.15) is 5.82 Å². The van der Waals surface area contributed by atoms with Crippen molar-refractivity contribution in [3.05, 3.63) is 81.7 Å². The largest absolute Gasteiger partial charge is 0.471 e. The van der Waals surface area contributed by atoms with E-state index >= 15 is 0 Å². The normalized spacial score (nSPS) is 17.5. The third-order valence-electron chi connectivity index (χ3n) is 4.64. The maximum absolute atomic E-state index is 13.5. The molecule has 1 heterocycles. The van der Waals surface area contributed by atoms with E-state index in [1.807, 2.05) is 0 Å². The van der Waals surface area contributed by atoms with Gasteiger partial charge in [-0.25, -0.2) is 13.2 Å². The van der Waals surface area contributed by atoms with Crippen LogP contribution in [0.1, 0.15) is 16.7 Å². The van der Waals surface area contributed by atoms with Gasteiger partial charge in [-0.3, -0.25) is 9.59 Å². The average Bonchev–Trinajstić information content (AvgIpc) is 2.69. The topological polar surface area (TPSA) is 37.4 Å². The predicted molar refractivity (Wildman–Crippen MR) is 101 cm³/mol. The summed E-state index contributed by atoms with van der Waals surface area (Å²) in [5.41, 5.74) is 0.318. The van der Waals surface area contributed by atoms with Gasteiger partial charge < -0.3 is 4.90 Å². The third kappa shape index (κ3) is 5.04. The van der Waals surface area contributed by atoms with E-state index in [2.05, 4.69) is 0 Å². The minimum atomic E-state index is -5.16. The molecule has 1 fully saturated rings. The number of carbonyl (C=O) groups excluding carboxylic acids is 2. The van der Waals surface area contributed by atoms with Crippen LogP contribution in [-0.2, 0) is 9.59 Å². The minimum Gasteiger partial charge on any atom is -0.326 e. The van der Waals surface area contributed by atoms with Gasteiger partial charge in [-0.1, -0.05) is 12.1 Å². The fraction of sp³-hybridized carbons (Fsp3) is 0.182. The van der Waals surface area contributed by atoms with Gasteiger partial charge in [0.2, 0.25) is 0 Å². The van der Waals surface area contributed by atoms with Crippen LogP contribution in [-0.4, -0.2) is 35.9 Å². The Labute approximate surface area is 173 Å². The molecule has 0 radical (unpaired) electrons. The molecule has 3 rings (SSSR count). The van der Waals surface area contributed by atoms with Crippen LogP contribution in [0.15, 0.2) is 47.5 Å². The quantitative estimate of drug-likeness (QED) is 0.496. The lowest BCUT2D eigenvalue weighted by Gasteiger charge is -2.30. The monoisotopic (exact) mass is 439 g/mol. The van der Waals surface area contributed by atoms with Crippen molar-refractivity contribution in [1.82, 2.24) is 4.90 Å². The Morgan fingerprint density at radius 2 is 1.39 bits per heavy atom. The van der Waals surface area contributed by atoms with Crippen LogP contribution in [0.2, 0.25) is 0 Å². The van der Waals surface area contributed by atoms with Gasteiger partial charge in [0.25, 0.3) is 0 Å². The van der Waals surface area contributed by atoms with Crippen molar-refractivity contribution in [3.63, 3.8) is 0 Å². The summed E-state index contributed by atoms with van der Waals surface area (Å²) in [6.45, 7) is 0.215. The molecule has 1 saturated heterocycles. The summed E-state index contributed by atoms with van der Waals surface area (Å²) in [7, 11) is 0. The Balaban J connectivity index is 2.05. The number of amides is 1. The lowest BCUT2D eigenvalue weighted by molar-refractivity contribution is -0.184. The van der Waals surface area contributed by atoms with Crippen LogP contribution in [0.3, 0.4) is 0 Å². The fourth-order valence-corrected chi connectivity index (χ4v) is 3.12. The number of hydrogen-bond acceptors (Lipinski definition) is 2. The maximum atomic E-state index is 13.5. The molecule has 1 aliphatic rings. The molecule has 0 N–H and O–H groups in total. The Morgan fingerprint density at radius 1 is 0.871 bits per heavy atom. The van der Waals surface area contributed by atoms with E-state index < -0.39 is 48.4 Å². The van der Waals surface area contributed by atoms with Crippen LogP contribution < -0.4 is 0 Å². The Morgan fingerprint density at radius 3 is 1.87 bits per heavy atom. The summed E-state index contributed by atoms with van der Waals surface area (Å²) in [5, 5.41) is 0. The highest BCUT2D eigenvalue weighted by Crippen LogP contribution is 2.27. The van der Waals surface area contributed by atoms with E-state index in [9.17, 15) is 35.9 Å². The van der Waals surface area contributed by atoms with Crippen LogP contribution in [0, 0.1) is 24.4 Å². The summed E-state index contributed by atoms with van der Waals surface area (Å²) in [6, 6.07) is 6.63. The molecule has 3 nitrogen and oxygen atoms in total. The average molecular weight is 439 g/mol. The SMILES string of the molecule is Cc1cc(/C=C2\CN(C(=O)C(F)(F)F)C/C(=C\c3ccc(F)c(F)c3)C2=O)ccc1F. The lowest BCUT2D eigenvalue weighted by atomic mass is 9.94. The number of rotatable bonds is 2. The highest BCUT2D eigenvalue weighted by Gasteiger charge is 2.44. The first-order valence-corrected chi connectivity index (χ1v) is 8.99. The molecular formula is C22H15F6NO2. The predicted octanol–water partition coefficient (Wildman–Crippen LogP) is 4.85. The van der Waals surface area contributed by atoms with Crippen LogP contribution in [0.25, 0.3) is 12.2 Å². The smallest absolute Gasteiger partial charge is 0.326 e. The number of nitrogens with zero attached hydrogens (tertiary/aromatic N) is 1. The van der Waals surface area contributed by atoms with E-state index in [0.717, 1.165) is 30.3 Å². The molecule has 0 atom stereocenters. The second kappa shape index (κ2) is 8.41. The van der Waals surface area contributed by atoms with E-state index in [-0.39, 0.29) is 22.3 Å². The van der Waals surface area contributed by atoms with Crippen molar-refractivity contribution >= 4 is 23.8 Å². The van der Waals surface area contributed by atoms with Gasteiger partial charge in [0.05, 0.1) is 13.1 Å². The van der Waals surface area contributed by atoms with Crippen molar-refractivity contribution in [2.24, 2.45) is 0 Å². The highest BCUT2D eigenvalue weighted by atomic mass is 19.4. The molecule has 31 heavy (non-hydrogen) atoms. The summed E-state index contributed by atoms with van der Waals surface area (Å²) >= 11 is 0. The number of hydrogen-bond donors (Lipinski definition) is 0. The number of Topliss-reactive ketones (excluding diaryl/α,β-unsaturated/α-hetero) is 1. The second-order valence-electron chi connectivity index (χ2n) is 7.01. The van der Waals surface area contributed by atoms with Crippen molar-refractivity contribution in [2.75, 3.05) is 13.1 Å². The second-order valence-corrected chi connectivity index (χ2v) is 7.01. The molecule has 1 aliphatic heterocycles. The summed E-state index contributed by atoms with van der Waals surface area (Å²) < 4.78 is 79.1. The van der Waals surface area contributed by atoms with Crippen LogP contribution >= 0.6 is 0 Å². The highest BCUT2D eigenvalue weighted by molar-refractivity contribution is 6.15. The molecule has 162 valence electrons. The summed E-state index contributed by atoms with van der Waals surface area (Å²) in [5.74, 6) is -5.61. The molecule has 0 aliphatic carbocycles. The summed E-state index contributed by atoms with van der Waals surface area (Å²) in [6.07, 6.45) is -2.79. The number of carbonyl (C=O) groups is 2. The number of ketones is 1. The molecule has 2 aromatic carbocycles. The lowest BCUT2D eigenvalue weighted by Crippen LogP contribution is -2.47. The molecule has 0 bridgehead atoms. The van der Waals surface area contributed by atoms with Crippen molar-refractivity contribution in [3.8, 4) is 0 Å². The van der Waals surface area contributed by atoms with Gasteiger partial charge in [0.15, 0.2) is 17.4 Å². The third-order valence-corrected chi connectivity index (χ3v) is 4.64. The first-order valence-electron chi connectivity index (χ1n) is 8.99. The zero-order valence-corrected chi connectivity index (χ0v) is 16.1. The van der Waals surface area contributed by atoms with E-state index in [1.165, 1.54) is 25.1 Å². The van der Waals surface area contributed by atoms with E-state index in [4.69, 9.17) is 0 Å². The Kier molecular flexibility index (Phi) is 6.06. The van der Waals surface area contributed by atoms with Crippen molar-refractivity contribution < 1.29 is 35.9 Å². The summed E-state index contributed by atoms with van der Waals surface area (Å²) in [4.78, 5) is 25.1. The van der Waals surface area contributed by atoms with Gasteiger partial charge in [-0.05, 0) is 60.0 Å². The molecule has 0 aromatic heterocycles. The van der Waals surface area contributed by atoms with E-state index in [1.54, 1.807) is 0 Å². The molecule has 0 saturated carbocycles. The molecule has 0 unspecified atom stereocenters. The molecule has 9 heteroatoms. The zero-order valence-electron chi connectivity index (χ0n) is 16.1. The first kappa shape index (κ1) is 22.3. The van der Waals surface area contributed by atoms with E-state index in [0.29, 0.717) is 10.5 Å². The standard InChI is InChI=1S/C22H15F6NO2/c1-12-6-13(2-4-17(12)23)7-15-10-29(21(31)22(26,27)28)11-16(20(15)30)8-14-3-5-18(24)19(25)9-14/h2-9H,10-11H2,1H3/b15-7+,16-8+. The number of benzene rings is 2. The molecular weight excluding hydrogens is 424 g/mol. The molecule has 2 aromatic rings. The first-order chi connectivity index (χ1) is 14.5. The number of alkyl halides is 3. The van der Waals surface area contributed by atoms with Gasteiger partial charge >= 0.3 is 12.1 Å².